The van der Waals surface area contributed by atoms with Gasteiger partial charge in [-0.3, -0.25) is 9.69 Å². The van der Waals surface area contributed by atoms with Crippen LogP contribution in [0.4, 0.5) is 0 Å². The van der Waals surface area contributed by atoms with E-state index < -0.39 is 0 Å². The highest BCUT2D eigenvalue weighted by Crippen LogP contribution is 2.19. The van der Waals surface area contributed by atoms with Gasteiger partial charge < -0.3 is 4.74 Å². The summed E-state index contributed by atoms with van der Waals surface area (Å²) in [5.41, 5.74) is 0. The Morgan fingerprint density at radius 1 is 1.55 bits per heavy atom. The van der Waals surface area contributed by atoms with Crippen molar-refractivity contribution in [1.82, 2.24) is 19.7 Å². The van der Waals surface area contributed by atoms with Gasteiger partial charge >= 0.3 is 5.97 Å². The zero-order chi connectivity index (χ0) is 14.5. The Kier molecular flexibility index (Phi) is 5.11. The van der Waals surface area contributed by atoms with Gasteiger partial charge in [-0.25, -0.2) is 9.67 Å². The third kappa shape index (κ3) is 3.79. The summed E-state index contributed by atoms with van der Waals surface area (Å²) in [4.78, 5) is 18.3. The van der Waals surface area contributed by atoms with Crippen LogP contribution in [-0.4, -0.2) is 45.8 Å². The van der Waals surface area contributed by atoms with Gasteiger partial charge in [-0.1, -0.05) is 13.8 Å². The van der Waals surface area contributed by atoms with Crippen LogP contribution in [0.25, 0.3) is 0 Å². The summed E-state index contributed by atoms with van der Waals surface area (Å²) in [6, 6.07) is 0. The highest BCUT2D eigenvalue weighted by Gasteiger charge is 2.27. The van der Waals surface area contributed by atoms with Crippen LogP contribution in [-0.2, 0) is 22.6 Å². The number of hydrogen-bond acceptors (Lipinski definition) is 5. The van der Waals surface area contributed by atoms with Crippen molar-refractivity contribution >= 4 is 5.97 Å². The molecule has 0 radical (unpaired) electrons. The van der Waals surface area contributed by atoms with Crippen molar-refractivity contribution in [3.05, 3.63) is 12.2 Å². The monoisotopic (exact) mass is 280 g/mol. The smallest absolute Gasteiger partial charge is 0.309 e. The quantitative estimate of drug-likeness (QED) is 0.761. The van der Waals surface area contributed by atoms with Crippen molar-refractivity contribution in [2.75, 3.05) is 20.2 Å². The first-order valence-electron chi connectivity index (χ1n) is 7.27. The normalized spacial score (nSPS) is 20.3. The van der Waals surface area contributed by atoms with E-state index in [1.54, 1.807) is 6.33 Å². The van der Waals surface area contributed by atoms with Gasteiger partial charge in [-0.15, -0.1) is 0 Å². The van der Waals surface area contributed by atoms with Crippen molar-refractivity contribution < 1.29 is 9.53 Å². The lowest BCUT2D eigenvalue weighted by Gasteiger charge is -2.30. The third-order valence-electron chi connectivity index (χ3n) is 3.64. The first-order valence-corrected chi connectivity index (χ1v) is 7.27. The van der Waals surface area contributed by atoms with E-state index in [2.05, 4.69) is 28.8 Å². The van der Waals surface area contributed by atoms with Crippen LogP contribution in [0.2, 0.25) is 0 Å². The Balaban J connectivity index is 1.96. The third-order valence-corrected chi connectivity index (χ3v) is 3.64. The van der Waals surface area contributed by atoms with Crippen molar-refractivity contribution in [3.63, 3.8) is 0 Å². The molecule has 1 aromatic heterocycles. The predicted molar refractivity (Wildman–Crippen MR) is 74.9 cm³/mol. The second kappa shape index (κ2) is 6.83. The number of ether oxygens (including phenoxy) is 1. The molecule has 0 amide bonds. The van der Waals surface area contributed by atoms with Gasteiger partial charge in [0.1, 0.15) is 12.2 Å². The number of likely N-dealkylation sites (tertiary alicyclic amines) is 1. The zero-order valence-electron chi connectivity index (χ0n) is 12.6. The Bertz CT molecular complexity index is 444. The summed E-state index contributed by atoms with van der Waals surface area (Å²) in [5.74, 6) is 1.41. The largest absolute Gasteiger partial charge is 0.469 e. The lowest BCUT2D eigenvalue weighted by Crippen LogP contribution is -2.39. The second-order valence-electron chi connectivity index (χ2n) is 5.85. The number of hydrogen-bond donors (Lipinski definition) is 0. The summed E-state index contributed by atoms with van der Waals surface area (Å²) in [7, 11) is 1.46. The SMILES string of the molecule is COC(=O)[C@H]1CCCN(Cc2ncnn2CC(C)C)C1. The molecular weight excluding hydrogens is 256 g/mol. The number of aromatic nitrogens is 3. The summed E-state index contributed by atoms with van der Waals surface area (Å²) in [6.07, 6.45) is 3.55. The number of nitrogens with zero attached hydrogens (tertiary/aromatic N) is 4. The van der Waals surface area contributed by atoms with Crippen molar-refractivity contribution in [2.45, 2.75) is 39.8 Å². The molecule has 0 bridgehead atoms. The standard InChI is InChI=1S/C14H24N4O2/c1-11(2)7-18-13(15-10-16-18)9-17-6-4-5-12(8-17)14(19)20-3/h10-12H,4-9H2,1-3H3/t12-/m0/s1. The molecule has 0 spiro atoms. The van der Waals surface area contributed by atoms with Crippen LogP contribution >= 0.6 is 0 Å². The van der Waals surface area contributed by atoms with Gasteiger partial charge in [0.05, 0.1) is 19.6 Å². The Labute approximate surface area is 120 Å². The molecule has 1 saturated heterocycles. The molecule has 2 rings (SSSR count). The first-order chi connectivity index (χ1) is 9.60. The minimum absolute atomic E-state index is 0.00443. The average Bonchev–Trinajstić information content (AvgIpc) is 2.84. The molecule has 1 atom stereocenters. The molecule has 0 aromatic carbocycles. The molecule has 1 fully saturated rings. The summed E-state index contributed by atoms with van der Waals surface area (Å²) >= 11 is 0. The fraction of sp³-hybridized carbons (Fsp3) is 0.786. The lowest BCUT2D eigenvalue weighted by atomic mass is 9.98. The number of esters is 1. The molecule has 112 valence electrons. The minimum atomic E-state index is -0.0988. The molecule has 0 N–H and O–H groups in total. The van der Waals surface area contributed by atoms with Gasteiger partial charge in [-0.05, 0) is 25.3 Å². The van der Waals surface area contributed by atoms with Gasteiger partial charge in [0.15, 0.2) is 0 Å². The zero-order valence-corrected chi connectivity index (χ0v) is 12.6. The fourth-order valence-electron chi connectivity index (χ4n) is 2.67. The number of piperidine rings is 1. The molecular formula is C14H24N4O2. The fourth-order valence-corrected chi connectivity index (χ4v) is 2.67. The van der Waals surface area contributed by atoms with Crippen LogP contribution in [0.15, 0.2) is 6.33 Å². The van der Waals surface area contributed by atoms with Gasteiger partial charge in [0.2, 0.25) is 0 Å². The molecule has 6 nitrogen and oxygen atoms in total. The molecule has 2 heterocycles. The van der Waals surface area contributed by atoms with E-state index in [-0.39, 0.29) is 11.9 Å². The van der Waals surface area contributed by atoms with E-state index >= 15 is 0 Å². The Morgan fingerprint density at radius 3 is 3.05 bits per heavy atom. The van der Waals surface area contributed by atoms with Crippen molar-refractivity contribution in [1.29, 1.82) is 0 Å². The summed E-state index contributed by atoms with van der Waals surface area (Å²) in [6.45, 7) is 7.71. The van der Waals surface area contributed by atoms with Crippen LogP contribution < -0.4 is 0 Å². The van der Waals surface area contributed by atoms with Crippen LogP contribution in [0, 0.1) is 11.8 Å². The second-order valence-corrected chi connectivity index (χ2v) is 5.85. The summed E-state index contributed by atoms with van der Waals surface area (Å²) < 4.78 is 6.82. The molecule has 20 heavy (non-hydrogen) atoms. The van der Waals surface area contributed by atoms with E-state index in [1.807, 2.05) is 4.68 Å². The van der Waals surface area contributed by atoms with Crippen molar-refractivity contribution in [2.24, 2.45) is 11.8 Å². The maximum absolute atomic E-state index is 11.6. The first kappa shape index (κ1) is 15.0. The van der Waals surface area contributed by atoms with Crippen LogP contribution in [0.5, 0.6) is 0 Å². The minimum Gasteiger partial charge on any atom is -0.469 e. The molecule has 1 aromatic rings. The topological polar surface area (TPSA) is 60.2 Å². The Hall–Kier alpha value is -1.43. The molecule has 1 aliphatic heterocycles. The molecule has 0 unspecified atom stereocenters. The molecule has 6 heteroatoms. The molecule has 0 aliphatic carbocycles. The number of methoxy groups -OCH3 is 1. The highest BCUT2D eigenvalue weighted by atomic mass is 16.5. The predicted octanol–water partition coefficient (Wildman–Crippen LogP) is 1.32. The number of rotatable bonds is 5. The van der Waals surface area contributed by atoms with Gasteiger partial charge in [0, 0.05) is 13.1 Å². The van der Waals surface area contributed by atoms with E-state index in [9.17, 15) is 4.79 Å². The number of carbonyl (C=O) groups excluding carboxylic acids is 1. The van der Waals surface area contributed by atoms with E-state index in [4.69, 9.17) is 4.74 Å². The van der Waals surface area contributed by atoms with Crippen LogP contribution in [0.1, 0.15) is 32.5 Å². The lowest BCUT2D eigenvalue weighted by molar-refractivity contribution is -0.147. The average molecular weight is 280 g/mol. The maximum atomic E-state index is 11.6. The Morgan fingerprint density at radius 2 is 2.35 bits per heavy atom. The van der Waals surface area contributed by atoms with Crippen molar-refractivity contribution in [3.8, 4) is 0 Å². The summed E-state index contributed by atoms with van der Waals surface area (Å²) in [5, 5.41) is 4.28. The van der Waals surface area contributed by atoms with Gasteiger partial charge in [0.25, 0.3) is 0 Å². The molecule has 0 saturated carbocycles. The highest BCUT2D eigenvalue weighted by molar-refractivity contribution is 5.72. The van der Waals surface area contributed by atoms with E-state index in [0.717, 1.165) is 44.8 Å². The number of carbonyl (C=O) groups is 1. The van der Waals surface area contributed by atoms with E-state index in [1.165, 1.54) is 7.11 Å². The van der Waals surface area contributed by atoms with Gasteiger partial charge in [-0.2, -0.15) is 5.10 Å². The molecule has 1 aliphatic rings. The maximum Gasteiger partial charge on any atom is 0.309 e. The van der Waals surface area contributed by atoms with E-state index in [0.29, 0.717) is 5.92 Å². The van der Waals surface area contributed by atoms with Crippen LogP contribution in [0.3, 0.4) is 0 Å².